The number of nitrogens with two attached hydrogens (primary N) is 1. The van der Waals surface area contributed by atoms with Gasteiger partial charge in [-0.3, -0.25) is 14.3 Å². The third-order valence-corrected chi connectivity index (χ3v) is 7.00. The quantitative estimate of drug-likeness (QED) is 0.344. The summed E-state index contributed by atoms with van der Waals surface area (Å²) in [5.41, 5.74) is 13.7. The van der Waals surface area contributed by atoms with Gasteiger partial charge >= 0.3 is 0 Å². The van der Waals surface area contributed by atoms with Crippen molar-refractivity contribution in [2.45, 2.75) is 32.1 Å². The van der Waals surface area contributed by atoms with Gasteiger partial charge in [-0.15, -0.1) is 0 Å². The summed E-state index contributed by atoms with van der Waals surface area (Å²) < 4.78 is 1.88. The Labute approximate surface area is 217 Å². The van der Waals surface area contributed by atoms with Gasteiger partial charge in [-0.25, -0.2) is 4.98 Å². The van der Waals surface area contributed by atoms with Crippen LogP contribution in [-0.4, -0.2) is 45.5 Å². The van der Waals surface area contributed by atoms with Crippen molar-refractivity contribution in [1.82, 2.24) is 19.8 Å². The van der Waals surface area contributed by atoms with Crippen molar-refractivity contribution < 1.29 is 9.90 Å². The third kappa shape index (κ3) is 5.40. The summed E-state index contributed by atoms with van der Waals surface area (Å²) in [5.74, 6) is 0.0713. The normalized spacial score (nSPS) is 15.6. The molecule has 1 atom stereocenters. The number of nitrogens with one attached hydrogen (secondary N) is 1. The van der Waals surface area contributed by atoms with Gasteiger partial charge in [0.1, 0.15) is 12.0 Å². The SMILES string of the molecule is CN(CCO)Cc1ccccc1-c1ccc(C2CC(=O)c3c(ncn3-c3cccc(CN)c3)CN2)cc1. The molecule has 7 nitrogen and oxygen atoms in total. The highest BCUT2D eigenvalue weighted by Gasteiger charge is 2.27. The number of hydrogen-bond donors (Lipinski definition) is 3. The molecular weight excluding hydrogens is 462 g/mol. The predicted octanol–water partition coefficient (Wildman–Crippen LogP) is 3.84. The van der Waals surface area contributed by atoms with Crippen molar-refractivity contribution in [3.05, 3.63) is 107 Å². The van der Waals surface area contributed by atoms with E-state index in [1.807, 2.05) is 48.0 Å². The van der Waals surface area contributed by atoms with E-state index < -0.39 is 0 Å². The van der Waals surface area contributed by atoms with E-state index >= 15 is 0 Å². The molecule has 1 aliphatic rings. The van der Waals surface area contributed by atoms with Crippen LogP contribution >= 0.6 is 0 Å². The summed E-state index contributed by atoms with van der Waals surface area (Å²) in [6.07, 6.45) is 2.08. The van der Waals surface area contributed by atoms with Crippen molar-refractivity contribution >= 4 is 5.78 Å². The number of aliphatic hydroxyl groups is 1. The smallest absolute Gasteiger partial charge is 0.183 e. The maximum Gasteiger partial charge on any atom is 0.183 e. The number of nitrogens with zero attached hydrogens (tertiary/aromatic N) is 3. The molecule has 2 heterocycles. The van der Waals surface area contributed by atoms with Crippen molar-refractivity contribution in [2.24, 2.45) is 5.73 Å². The Kier molecular flexibility index (Phi) is 7.58. The average molecular weight is 496 g/mol. The summed E-state index contributed by atoms with van der Waals surface area (Å²) in [4.78, 5) is 20.1. The van der Waals surface area contributed by atoms with Crippen LogP contribution in [0.15, 0.2) is 79.1 Å². The van der Waals surface area contributed by atoms with Crippen LogP contribution in [0, 0.1) is 0 Å². The minimum absolute atomic E-state index is 0.0713. The van der Waals surface area contributed by atoms with Gasteiger partial charge < -0.3 is 16.2 Å². The minimum atomic E-state index is -0.0921. The Hall–Kier alpha value is -3.62. The van der Waals surface area contributed by atoms with Crippen LogP contribution in [0.5, 0.6) is 0 Å². The predicted molar refractivity (Wildman–Crippen MR) is 145 cm³/mol. The summed E-state index contributed by atoms with van der Waals surface area (Å²) in [6.45, 7) is 2.51. The second-order valence-corrected chi connectivity index (χ2v) is 9.59. The van der Waals surface area contributed by atoms with Crippen LogP contribution in [-0.2, 0) is 19.6 Å². The fraction of sp³-hybridized carbons (Fsp3) is 0.267. The molecule has 1 unspecified atom stereocenters. The molecule has 4 N–H and O–H groups in total. The van der Waals surface area contributed by atoms with Crippen molar-refractivity contribution in [2.75, 3.05) is 20.2 Å². The number of fused-ring (bicyclic) bond motifs is 1. The second kappa shape index (κ2) is 11.2. The Balaban J connectivity index is 1.36. The zero-order valence-corrected chi connectivity index (χ0v) is 21.1. The highest BCUT2D eigenvalue weighted by Crippen LogP contribution is 2.30. The molecule has 0 aliphatic carbocycles. The number of ketones is 1. The Morgan fingerprint density at radius 1 is 1.11 bits per heavy atom. The number of rotatable bonds is 8. The van der Waals surface area contributed by atoms with Gasteiger partial charge in [-0.2, -0.15) is 0 Å². The average Bonchev–Trinajstić information content (AvgIpc) is 3.28. The zero-order chi connectivity index (χ0) is 25.8. The van der Waals surface area contributed by atoms with Crippen LogP contribution in [0.1, 0.15) is 45.3 Å². The number of aliphatic hydroxyl groups excluding tert-OH is 1. The molecule has 0 amide bonds. The summed E-state index contributed by atoms with van der Waals surface area (Å²) >= 11 is 0. The van der Waals surface area contributed by atoms with Gasteiger partial charge in [0.05, 0.1) is 12.3 Å². The number of carbonyl (C=O) groups is 1. The number of imidazole rings is 1. The number of Topliss-reactive ketones (excluding diaryl/α,β-unsaturated/α-hetero) is 1. The van der Waals surface area contributed by atoms with E-state index in [0.717, 1.165) is 34.6 Å². The fourth-order valence-electron chi connectivity index (χ4n) is 5.02. The number of aromatic nitrogens is 2. The molecule has 1 aromatic heterocycles. The molecule has 0 fully saturated rings. The van der Waals surface area contributed by atoms with Crippen LogP contribution in [0.25, 0.3) is 16.8 Å². The maximum atomic E-state index is 13.4. The lowest BCUT2D eigenvalue weighted by molar-refractivity contribution is 0.0966. The molecule has 0 bridgehead atoms. The first-order valence-corrected chi connectivity index (χ1v) is 12.7. The molecule has 1 aliphatic heterocycles. The zero-order valence-electron chi connectivity index (χ0n) is 21.1. The monoisotopic (exact) mass is 495 g/mol. The van der Waals surface area contributed by atoms with E-state index in [1.54, 1.807) is 6.33 Å². The molecule has 0 radical (unpaired) electrons. The minimum Gasteiger partial charge on any atom is -0.395 e. The molecule has 0 saturated heterocycles. The molecule has 3 aromatic carbocycles. The van der Waals surface area contributed by atoms with Crippen LogP contribution in [0.2, 0.25) is 0 Å². The summed E-state index contributed by atoms with van der Waals surface area (Å²) in [6, 6.07) is 24.6. The number of carbonyl (C=O) groups excluding carboxylic acids is 1. The number of likely N-dealkylation sites (N-methyl/N-ethyl adjacent to an activating group) is 1. The molecule has 0 spiro atoms. The highest BCUT2D eigenvalue weighted by atomic mass is 16.3. The topological polar surface area (TPSA) is 96.4 Å². The molecule has 5 rings (SSSR count). The number of benzene rings is 3. The first-order chi connectivity index (χ1) is 18.1. The Morgan fingerprint density at radius 2 is 1.92 bits per heavy atom. The summed E-state index contributed by atoms with van der Waals surface area (Å²) in [7, 11) is 2.01. The molecule has 190 valence electrons. The summed E-state index contributed by atoms with van der Waals surface area (Å²) in [5, 5.41) is 12.8. The van der Waals surface area contributed by atoms with Gasteiger partial charge in [0.15, 0.2) is 5.78 Å². The van der Waals surface area contributed by atoms with Crippen LogP contribution in [0.3, 0.4) is 0 Å². The van der Waals surface area contributed by atoms with Crippen LogP contribution in [0.4, 0.5) is 0 Å². The lowest BCUT2D eigenvalue weighted by atomic mass is 9.95. The maximum absolute atomic E-state index is 13.4. The van der Waals surface area contributed by atoms with E-state index in [0.29, 0.717) is 31.7 Å². The van der Waals surface area contributed by atoms with E-state index in [9.17, 15) is 9.90 Å². The van der Waals surface area contributed by atoms with E-state index in [-0.39, 0.29) is 18.4 Å². The van der Waals surface area contributed by atoms with Gasteiger partial charge in [0.25, 0.3) is 0 Å². The van der Waals surface area contributed by atoms with Gasteiger partial charge in [-0.1, -0.05) is 60.7 Å². The van der Waals surface area contributed by atoms with Crippen molar-refractivity contribution in [3.8, 4) is 16.8 Å². The van der Waals surface area contributed by atoms with E-state index in [4.69, 9.17) is 5.73 Å². The largest absolute Gasteiger partial charge is 0.395 e. The highest BCUT2D eigenvalue weighted by molar-refractivity contribution is 5.97. The third-order valence-electron chi connectivity index (χ3n) is 7.00. The molecule has 4 aromatic rings. The lowest BCUT2D eigenvalue weighted by Crippen LogP contribution is -2.21. The van der Waals surface area contributed by atoms with Gasteiger partial charge in [-0.05, 0) is 47.0 Å². The first-order valence-electron chi connectivity index (χ1n) is 12.7. The Morgan fingerprint density at radius 3 is 2.70 bits per heavy atom. The van der Waals surface area contributed by atoms with Crippen LogP contribution < -0.4 is 11.1 Å². The van der Waals surface area contributed by atoms with E-state index in [2.05, 4.69) is 51.6 Å². The second-order valence-electron chi connectivity index (χ2n) is 9.59. The van der Waals surface area contributed by atoms with E-state index in [1.165, 1.54) is 11.1 Å². The fourth-order valence-corrected chi connectivity index (χ4v) is 5.02. The molecule has 37 heavy (non-hydrogen) atoms. The number of hydrogen-bond acceptors (Lipinski definition) is 6. The van der Waals surface area contributed by atoms with Gasteiger partial charge in [0, 0.05) is 44.3 Å². The molecule has 0 saturated carbocycles. The standard InChI is InChI=1S/C30H33N5O2/c1-34(13-14-36)19-24-6-2-3-8-26(24)22-9-11-23(12-10-22)27-16-29(37)30-28(18-32-27)33-20-35(30)25-7-4-5-21(15-25)17-31/h2-12,15,20,27,32,36H,13-14,16-19,31H2,1H3. The molecular formula is C30H33N5O2. The van der Waals surface area contributed by atoms with Crippen molar-refractivity contribution in [1.29, 1.82) is 0 Å². The lowest BCUT2D eigenvalue weighted by Gasteiger charge is -2.19. The van der Waals surface area contributed by atoms with Gasteiger partial charge in [0.2, 0.25) is 0 Å². The van der Waals surface area contributed by atoms with Crippen molar-refractivity contribution in [3.63, 3.8) is 0 Å². The molecule has 7 heteroatoms. The Bertz CT molecular complexity index is 1380. The first kappa shape index (κ1) is 25.0.